The van der Waals surface area contributed by atoms with E-state index in [9.17, 15) is 24.9 Å². The zero-order chi connectivity index (χ0) is 41.0. The SMILES string of the molecule is C=C1C[C@H](O)/C(C)=C/C[C@@H]([C@H](C)CC2CCC(O)CC2)OC(=O)[C@@H]2CCCCN2C(=O)C[C@]2(O)O[C@@H](CC[C@H]2C)C[C@H](OC)/C(C)=C/C=C/C=C/[C@@H](C)C[C@H]1C. The second-order valence-corrected chi connectivity index (χ2v) is 18.0. The molecule has 0 unspecified atom stereocenters. The zero-order valence-electron chi connectivity index (χ0n) is 35.7. The van der Waals surface area contributed by atoms with Crippen LogP contribution in [0.1, 0.15) is 138 Å². The van der Waals surface area contributed by atoms with Crippen LogP contribution in [0.5, 0.6) is 0 Å². The van der Waals surface area contributed by atoms with Crippen LogP contribution in [0.4, 0.5) is 0 Å². The second kappa shape index (κ2) is 22.0. The number of piperidine rings is 1. The molecule has 1 amide bonds. The third kappa shape index (κ3) is 13.5. The lowest BCUT2D eigenvalue weighted by atomic mass is 9.80. The molecule has 3 N–H and O–H groups in total. The van der Waals surface area contributed by atoms with Crippen molar-refractivity contribution in [2.75, 3.05) is 13.7 Å². The Labute approximate surface area is 338 Å². The maximum Gasteiger partial charge on any atom is 0.329 e. The van der Waals surface area contributed by atoms with Crippen LogP contribution < -0.4 is 0 Å². The fourth-order valence-electron chi connectivity index (χ4n) is 9.17. The van der Waals surface area contributed by atoms with Gasteiger partial charge in [0.2, 0.25) is 5.91 Å². The van der Waals surface area contributed by atoms with Gasteiger partial charge in [0.05, 0.1) is 30.8 Å². The first-order valence-electron chi connectivity index (χ1n) is 21.7. The molecule has 4 rings (SSSR count). The van der Waals surface area contributed by atoms with Crippen molar-refractivity contribution in [1.29, 1.82) is 0 Å². The zero-order valence-corrected chi connectivity index (χ0v) is 35.7. The summed E-state index contributed by atoms with van der Waals surface area (Å²) in [5.41, 5.74) is 2.87. The van der Waals surface area contributed by atoms with Crippen LogP contribution in [0.15, 0.2) is 59.8 Å². The average molecular weight is 782 g/mol. The Balaban J connectivity index is 1.61. The Bertz CT molecular complexity index is 1410. The van der Waals surface area contributed by atoms with Crippen LogP contribution in [0.3, 0.4) is 0 Å². The van der Waals surface area contributed by atoms with Gasteiger partial charge in [0.1, 0.15) is 12.1 Å². The van der Waals surface area contributed by atoms with Crippen LogP contribution in [-0.4, -0.2) is 88.1 Å². The topological polar surface area (TPSA) is 126 Å². The summed E-state index contributed by atoms with van der Waals surface area (Å²) in [4.78, 5) is 29.9. The molecule has 56 heavy (non-hydrogen) atoms. The van der Waals surface area contributed by atoms with E-state index in [0.29, 0.717) is 50.5 Å². The number of hydrogen-bond acceptors (Lipinski definition) is 8. The summed E-state index contributed by atoms with van der Waals surface area (Å²) in [6, 6.07) is -0.743. The number of aliphatic hydroxyl groups excluding tert-OH is 2. The molecular weight excluding hydrogens is 707 g/mol. The number of rotatable bonds is 4. The first-order chi connectivity index (χ1) is 26.6. The highest BCUT2D eigenvalue weighted by molar-refractivity contribution is 5.85. The van der Waals surface area contributed by atoms with Gasteiger partial charge in [-0.2, -0.15) is 0 Å². The first-order valence-corrected chi connectivity index (χ1v) is 21.7. The maximum atomic E-state index is 14.2. The van der Waals surface area contributed by atoms with Gasteiger partial charge in [0.25, 0.3) is 0 Å². The molecule has 3 fully saturated rings. The molecule has 1 saturated carbocycles. The minimum absolute atomic E-state index is 0.0343. The second-order valence-electron chi connectivity index (χ2n) is 18.0. The van der Waals surface area contributed by atoms with E-state index < -0.39 is 30.0 Å². The molecule has 2 saturated heterocycles. The van der Waals surface area contributed by atoms with E-state index in [2.05, 4.69) is 39.5 Å². The lowest BCUT2D eigenvalue weighted by Gasteiger charge is -2.44. The molecule has 10 atom stereocenters. The van der Waals surface area contributed by atoms with Gasteiger partial charge in [-0.25, -0.2) is 4.79 Å². The molecule has 0 aromatic carbocycles. The number of ether oxygens (including phenoxy) is 3. The lowest BCUT2D eigenvalue weighted by Crippen LogP contribution is -2.54. The van der Waals surface area contributed by atoms with Crippen molar-refractivity contribution in [3.05, 3.63) is 59.8 Å². The first kappa shape index (κ1) is 46.1. The highest BCUT2D eigenvalue weighted by atomic mass is 16.6. The van der Waals surface area contributed by atoms with Crippen LogP contribution >= 0.6 is 0 Å². The molecule has 0 spiro atoms. The average Bonchev–Trinajstić information content (AvgIpc) is 3.16. The number of amides is 1. The predicted octanol–water partition coefficient (Wildman–Crippen LogP) is 8.53. The number of nitrogens with zero attached hydrogens (tertiary/aromatic N) is 1. The smallest absolute Gasteiger partial charge is 0.329 e. The number of fused-ring (bicyclic) bond motifs is 3. The predicted molar refractivity (Wildman–Crippen MR) is 222 cm³/mol. The van der Waals surface area contributed by atoms with E-state index in [1.54, 1.807) is 12.0 Å². The summed E-state index contributed by atoms with van der Waals surface area (Å²) in [6.07, 6.45) is 20.5. The number of methoxy groups -OCH3 is 1. The van der Waals surface area contributed by atoms with Crippen LogP contribution in [0.2, 0.25) is 0 Å². The van der Waals surface area contributed by atoms with Crippen LogP contribution in [-0.2, 0) is 23.8 Å². The lowest BCUT2D eigenvalue weighted by molar-refractivity contribution is -0.284. The quantitative estimate of drug-likeness (QED) is 0.192. The van der Waals surface area contributed by atoms with E-state index >= 15 is 0 Å². The number of carbonyl (C=O) groups is 2. The summed E-state index contributed by atoms with van der Waals surface area (Å²) >= 11 is 0. The minimum Gasteiger partial charge on any atom is -0.460 e. The largest absolute Gasteiger partial charge is 0.460 e. The van der Waals surface area contributed by atoms with Crippen molar-refractivity contribution >= 4 is 11.9 Å². The van der Waals surface area contributed by atoms with E-state index in [4.69, 9.17) is 14.2 Å². The van der Waals surface area contributed by atoms with Crippen molar-refractivity contribution in [3.8, 4) is 0 Å². The summed E-state index contributed by atoms with van der Waals surface area (Å²) < 4.78 is 18.7. The Morgan fingerprint density at radius 1 is 0.964 bits per heavy atom. The third-order valence-corrected chi connectivity index (χ3v) is 13.4. The fourth-order valence-corrected chi connectivity index (χ4v) is 9.17. The van der Waals surface area contributed by atoms with Gasteiger partial charge in [0.15, 0.2) is 5.79 Å². The molecule has 2 bridgehead atoms. The van der Waals surface area contributed by atoms with Gasteiger partial charge < -0.3 is 34.4 Å². The summed E-state index contributed by atoms with van der Waals surface area (Å²) in [6.45, 7) is 17.1. The van der Waals surface area contributed by atoms with E-state index in [0.717, 1.165) is 74.5 Å². The molecule has 316 valence electrons. The number of allylic oxidation sites excluding steroid dienone is 5. The highest BCUT2D eigenvalue weighted by Gasteiger charge is 2.46. The molecule has 9 heteroatoms. The van der Waals surface area contributed by atoms with Crippen LogP contribution in [0, 0.1) is 29.6 Å². The van der Waals surface area contributed by atoms with Crippen molar-refractivity contribution < 1.29 is 39.1 Å². The van der Waals surface area contributed by atoms with Gasteiger partial charge >= 0.3 is 5.97 Å². The molecular formula is C47H75NO8. The van der Waals surface area contributed by atoms with Crippen molar-refractivity contribution in [3.63, 3.8) is 0 Å². The maximum absolute atomic E-state index is 14.2. The molecule has 9 nitrogen and oxygen atoms in total. The number of hydrogen-bond donors (Lipinski definition) is 3. The molecule has 3 heterocycles. The molecule has 0 aromatic heterocycles. The highest BCUT2D eigenvalue weighted by Crippen LogP contribution is 2.38. The van der Waals surface area contributed by atoms with Gasteiger partial charge in [-0.1, -0.05) is 76.3 Å². The van der Waals surface area contributed by atoms with E-state index in [1.807, 2.05) is 45.1 Å². The molecule has 4 aliphatic rings. The minimum atomic E-state index is -1.66. The number of esters is 1. The molecule has 3 aliphatic heterocycles. The Morgan fingerprint density at radius 3 is 2.41 bits per heavy atom. The normalized spacial score (nSPS) is 40.5. The Kier molecular flexibility index (Phi) is 18.1. The number of aliphatic hydroxyl groups is 3. The Morgan fingerprint density at radius 2 is 1.70 bits per heavy atom. The third-order valence-electron chi connectivity index (χ3n) is 13.4. The van der Waals surface area contributed by atoms with Crippen LogP contribution in [0.25, 0.3) is 0 Å². The van der Waals surface area contributed by atoms with Crippen molar-refractivity contribution in [2.45, 2.75) is 180 Å². The number of carbonyl (C=O) groups excluding carboxylic acids is 2. The summed E-state index contributed by atoms with van der Waals surface area (Å²) in [5.74, 6) is -1.62. The number of cyclic esters (lactones) is 1. The summed E-state index contributed by atoms with van der Waals surface area (Å²) in [7, 11) is 1.68. The monoisotopic (exact) mass is 782 g/mol. The van der Waals surface area contributed by atoms with Crippen molar-refractivity contribution in [1.82, 2.24) is 4.90 Å². The molecule has 0 radical (unpaired) electrons. The van der Waals surface area contributed by atoms with E-state index in [-0.39, 0.29) is 48.4 Å². The van der Waals surface area contributed by atoms with Gasteiger partial charge in [-0.05, 0) is 126 Å². The van der Waals surface area contributed by atoms with Gasteiger partial charge in [-0.3, -0.25) is 4.79 Å². The summed E-state index contributed by atoms with van der Waals surface area (Å²) in [5, 5.41) is 33.3. The fraction of sp³-hybridized carbons (Fsp3) is 0.745. The van der Waals surface area contributed by atoms with E-state index in [1.165, 1.54) is 0 Å². The molecule has 0 aromatic rings. The van der Waals surface area contributed by atoms with Gasteiger partial charge in [-0.15, -0.1) is 0 Å². The Hall–Kier alpha value is -2.56. The van der Waals surface area contributed by atoms with Crippen molar-refractivity contribution in [2.24, 2.45) is 29.6 Å². The standard InChI is InChI=1S/C47H75NO8/c1-31-14-10-9-11-15-33(3)44(54-8)29-40-23-18-37(7)47(53,56-40)30-45(51)48-25-13-12-16-41(48)46(52)55-43(36(6)27-38-19-21-39(49)22-20-38)24-17-32(2)42(50)28-35(5)34(4)26-31/h9-11,14-15,17,31,34,36-44,49-50,53H,5,12-13,16,18-30H2,1-4,6-8H3/b11-9+,14-10+,32-17+,33-15+/t31-,34-,36-,37-,38?,39?,40+,41+,42+,43+,44+,47+/m1/s1. The molecule has 1 aliphatic carbocycles. The van der Waals surface area contributed by atoms with Gasteiger partial charge in [0, 0.05) is 32.4 Å².